The zero-order valence-electron chi connectivity index (χ0n) is 13.0. The molecular formula is C17H18BrN5. The molecule has 1 aliphatic rings. The van der Waals surface area contributed by atoms with Gasteiger partial charge in [0.2, 0.25) is 0 Å². The Balaban J connectivity index is 1.62. The lowest BCUT2D eigenvalue weighted by Crippen LogP contribution is -2.46. The highest BCUT2D eigenvalue weighted by Gasteiger charge is 2.20. The number of anilines is 1. The van der Waals surface area contributed by atoms with Gasteiger partial charge in [-0.25, -0.2) is 9.97 Å². The van der Waals surface area contributed by atoms with Crippen molar-refractivity contribution in [2.75, 3.05) is 31.1 Å². The summed E-state index contributed by atoms with van der Waals surface area (Å²) in [6.45, 7) is 6.54. The number of hydrogen-bond donors (Lipinski definition) is 0. The quantitative estimate of drug-likeness (QED) is 0.776. The van der Waals surface area contributed by atoms with Crippen molar-refractivity contribution in [1.29, 1.82) is 5.26 Å². The highest BCUT2D eigenvalue weighted by Crippen LogP contribution is 2.20. The van der Waals surface area contributed by atoms with Crippen LogP contribution >= 0.6 is 15.9 Å². The van der Waals surface area contributed by atoms with Crippen molar-refractivity contribution in [2.45, 2.75) is 13.5 Å². The van der Waals surface area contributed by atoms with Gasteiger partial charge in [-0.15, -0.1) is 0 Å². The second kappa shape index (κ2) is 7.07. The molecule has 1 fully saturated rings. The van der Waals surface area contributed by atoms with Crippen molar-refractivity contribution in [2.24, 2.45) is 0 Å². The van der Waals surface area contributed by atoms with Crippen LogP contribution in [0, 0.1) is 18.3 Å². The third-order valence-corrected chi connectivity index (χ3v) is 4.46. The predicted octanol–water partition coefficient (Wildman–Crippen LogP) is 2.74. The number of aromatic nitrogens is 2. The summed E-state index contributed by atoms with van der Waals surface area (Å²) < 4.78 is 0.862. The molecule has 0 spiro atoms. The number of nitriles is 1. The van der Waals surface area contributed by atoms with E-state index in [1.807, 2.05) is 31.5 Å². The Morgan fingerprint density at radius 2 is 1.96 bits per heavy atom. The largest absolute Gasteiger partial charge is 0.353 e. The summed E-state index contributed by atoms with van der Waals surface area (Å²) in [5, 5.41) is 9.30. The van der Waals surface area contributed by atoms with Gasteiger partial charge < -0.3 is 4.90 Å². The van der Waals surface area contributed by atoms with Gasteiger partial charge >= 0.3 is 0 Å². The molecule has 1 saturated heterocycles. The minimum absolute atomic E-state index is 0.663. The Bertz CT molecular complexity index is 715. The van der Waals surface area contributed by atoms with Crippen molar-refractivity contribution < 1.29 is 0 Å². The maximum absolute atomic E-state index is 9.30. The number of nitrogens with zero attached hydrogens (tertiary/aromatic N) is 5. The minimum Gasteiger partial charge on any atom is -0.353 e. The molecule has 2 aromatic heterocycles. The van der Waals surface area contributed by atoms with E-state index in [1.165, 1.54) is 5.56 Å². The lowest BCUT2D eigenvalue weighted by Gasteiger charge is -2.35. The molecule has 5 nitrogen and oxygen atoms in total. The van der Waals surface area contributed by atoms with Gasteiger partial charge in [-0.3, -0.25) is 4.90 Å². The molecule has 0 N–H and O–H groups in total. The van der Waals surface area contributed by atoms with Crippen molar-refractivity contribution >= 4 is 21.7 Å². The molecule has 0 atom stereocenters. The Hall–Kier alpha value is -1.97. The summed E-state index contributed by atoms with van der Waals surface area (Å²) in [4.78, 5) is 13.3. The van der Waals surface area contributed by atoms with Gasteiger partial charge in [0.1, 0.15) is 16.5 Å². The Kier molecular flexibility index (Phi) is 4.89. The fraction of sp³-hybridized carbons (Fsp3) is 0.353. The molecule has 0 radical (unpaired) electrons. The number of pyridine rings is 2. The molecule has 0 unspecified atom stereocenters. The van der Waals surface area contributed by atoms with Gasteiger partial charge in [0.25, 0.3) is 0 Å². The van der Waals surface area contributed by atoms with Gasteiger partial charge in [-0.05, 0) is 46.1 Å². The molecule has 23 heavy (non-hydrogen) atoms. The van der Waals surface area contributed by atoms with Crippen LogP contribution in [0.4, 0.5) is 5.82 Å². The van der Waals surface area contributed by atoms with Crippen LogP contribution in [-0.2, 0) is 6.54 Å². The number of halogens is 1. The molecule has 0 saturated carbocycles. The van der Waals surface area contributed by atoms with E-state index in [-0.39, 0.29) is 0 Å². The van der Waals surface area contributed by atoms with Crippen LogP contribution in [0.2, 0.25) is 0 Å². The number of rotatable bonds is 3. The highest BCUT2D eigenvalue weighted by atomic mass is 79.9. The smallest absolute Gasteiger partial charge is 0.146 e. The molecule has 0 bridgehead atoms. The van der Waals surface area contributed by atoms with Crippen LogP contribution in [0.5, 0.6) is 0 Å². The average molecular weight is 372 g/mol. The van der Waals surface area contributed by atoms with Gasteiger partial charge in [0, 0.05) is 45.1 Å². The van der Waals surface area contributed by atoms with Crippen LogP contribution < -0.4 is 4.90 Å². The van der Waals surface area contributed by atoms with E-state index < -0.39 is 0 Å². The highest BCUT2D eigenvalue weighted by molar-refractivity contribution is 9.10. The maximum atomic E-state index is 9.30. The first-order valence-corrected chi connectivity index (χ1v) is 8.39. The minimum atomic E-state index is 0.663. The number of piperazine rings is 1. The van der Waals surface area contributed by atoms with Gasteiger partial charge in [0.05, 0.1) is 5.56 Å². The molecule has 118 valence electrons. The van der Waals surface area contributed by atoms with Crippen molar-refractivity contribution in [3.63, 3.8) is 0 Å². The monoisotopic (exact) mass is 371 g/mol. The third-order valence-electron chi connectivity index (χ3n) is 3.99. The standard InChI is InChI=1S/C17H18BrN5/c1-13-8-15(9-19)17(21-10-13)23-6-4-22(5-7-23)12-14-2-3-16(18)20-11-14/h2-3,8,10-11H,4-7,12H2,1H3. The predicted molar refractivity (Wildman–Crippen MR) is 93.1 cm³/mol. The zero-order valence-corrected chi connectivity index (χ0v) is 14.6. The maximum Gasteiger partial charge on any atom is 0.146 e. The van der Waals surface area contributed by atoms with Crippen molar-refractivity contribution in [1.82, 2.24) is 14.9 Å². The topological polar surface area (TPSA) is 56.1 Å². The van der Waals surface area contributed by atoms with E-state index in [0.717, 1.165) is 48.7 Å². The van der Waals surface area contributed by atoms with Crippen molar-refractivity contribution in [3.8, 4) is 6.07 Å². The van der Waals surface area contributed by atoms with E-state index in [4.69, 9.17) is 0 Å². The van der Waals surface area contributed by atoms with E-state index in [0.29, 0.717) is 5.56 Å². The van der Waals surface area contributed by atoms with Crippen LogP contribution in [0.3, 0.4) is 0 Å². The van der Waals surface area contributed by atoms with Crippen LogP contribution in [0.15, 0.2) is 35.2 Å². The second-order valence-electron chi connectivity index (χ2n) is 5.75. The van der Waals surface area contributed by atoms with E-state index in [1.54, 1.807) is 0 Å². The molecular weight excluding hydrogens is 354 g/mol. The van der Waals surface area contributed by atoms with Crippen LogP contribution in [0.25, 0.3) is 0 Å². The summed E-state index contributed by atoms with van der Waals surface area (Å²) in [5.41, 5.74) is 2.90. The summed E-state index contributed by atoms with van der Waals surface area (Å²) in [6.07, 6.45) is 3.74. The first-order valence-electron chi connectivity index (χ1n) is 7.60. The molecule has 0 aliphatic carbocycles. The number of aryl methyl sites for hydroxylation is 1. The molecule has 3 heterocycles. The molecule has 0 amide bonds. The first-order chi connectivity index (χ1) is 11.2. The molecule has 0 aromatic carbocycles. The number of hydrogen-bond acceptors (Lipinski definition) is 5. The molecule has 3 rings (SSSR count). The molecule has 6 heteroatoms. The summed E-state index contributed by atoms with van der Waals surface area (Å²) >= 11 is 3.36. The Morgan fingerprint density at radius 3 is 2.61 bits per heavy atom. The summed E-state index contributed by atoms with van der Waals surface area (Å²) in [7, 11) is 0. The first kappa shape index (κ1) is 15.9. The van der Waals surface area contributed by atoms with Crippen molar-refractivity contribution in [3.05, 3.63) is 51.9 Å². The lowest BCUT2D eigenvalue weighted by atomic mass is 10.2. The van der Waals surface area contributed by atoms with Gasteiger partial charge in [-0.1, -0.05) is 6.07 Å². The summed E-state index contributed by atoms with van der Waals surface area (Å²) in [5.74, 6) is 0.808. The normalized spacial score (nSPS) is 15.4. The fourth-order valence-corrected chi connectivity index (χ4v) is 3.01. The van der Waals surface area contributed by atoms with E-state index >= 15 is 0 Å². The summed E-state index contributed by atoms with van der Waals surface area (Å²) in [6, 6.07) is 8.23. The van der Waals surface area contributed by atoms with Gasteiger partial charge in [-0.2, -0.15) is 5.26 Å². The lowest BCUT2D eigenvalue weighted by molar-refractivity contribution is 0.249. The molecule has 2 aromatic rings. The Morgan fingerprint density at radius 1 is 1.17 bits per heavy atom. The van der Waals surface area contributed by atoms with E-state index in [9.17, 15) is 5.26 Å². The molecule has 1 aliphatic heterocycles. The Labute approximate surface area is 144 Å². The third kappa shape index (κ3) is 3.87. The SMILES string of the molecule is Cc1cnc(N2CCN(Cc3ccc(Br)nc3)CC2)c(C#N)c1. The van der Waals surface area contributed by atoms with Crippen LogP contribution in [-0.4, -0.2) is 41.0 Å². The second-order valence-corrected chi connectivity index (χ2v) is 6.56. The van der Waals surface area contributed by atoms with Crippen LogP contribution in [0.1, 0.15) is 16.7 Å². The fourth-order valence-electron chi connectivity index (χ4n) is 2.77. The average Bonchev–Trinajstić information content (AvgIpc) is 2.58. The zero-order chi connectivity index (χ0) is 16.2. The van der Waals surface area contributed by atoms with E-state index in [2.05, 4.69) is 47.8 Å². The van der Waals surface area contributed by atoms with Gasteiger partial charge in [0.15, 0.2) is 0 Å².